The fraction of sp³-hybridized carbons (Fsp3) is 0.375. The summed E-state index contributed by atoms with van der Waals surface area (Å²) in [6.07, 6.45) is 2.67. The van der Waals surface area contributed by atoms with Gasteiger partial charge in [-0.25, -0.2) is 8.42 Å². The molecule has 1 aliphatic heterocycles. The van der Waals surface area contributed by atoms with Crippen molar-refractivity contribution in [3.8, 4) is 6.07 Å². The number of amides is 1. The Bertz CT molecular complexity index is 788. The molecule has 1 fully saturated rings. The number of nitriles is 1. The molecule has 0 saturated carbocycles. The average molecular weight is 348 g/mol. The maximum absolute atomic E-state index is 12.3. The summed E-state index contributed by atoms with van der Waals surface area (Å²) in [5, 5.41) is 12.0. The normalized spacial score (nSPS) is 16.5. The van der Waals surface area contributed by atoms with Crippen molar-refractivity contribution in [3.63, 3.8) is 0 Å². The minimum absolute atomic E-state index is 0.00828. The molecule has 0 aromatic heterocycles. The van der Waals surface area contributed by atoms with Crippen molar-refractivity contribution in [2.24, 2.45) is 0 Å². The third kappa shape index (κ3) is 4.57. The molecule has 2 rings (SSSR count). The van der Waals surface area contributed by atoms with Crippen molar-refractivity contribution in [1.82, 2.24) is 9.21 Å². The van der Waals surface area contributed by atoms with Crippen LogP contribution in [0.4, 0.5) is 5.69 Å². The second-order valence-corrected chi connectivity index (χ2v) is 7.60. The molecule has 7 nitrogen and oxygen atoms in total. The van der Waals surface area contributed by atoms with Gasteiger partial charge >= 0.3 is 0 Å². The number of aryl methyl sites for hydroxylation is 1. The Morgan fingerprint density at radius 3 is 2.42 bits per heavy atom. The Hall–Kier alpha value is -2.37. The maximum atomic E-state index is 12.3. The molecule has 0 atom stereocenters. The van der Waals surface area contributed by atoms with E-state index in [1.54, 1.807) is 11.0 Å². The van der Waals surface area contributed by atoms with E-state index in [0.717, 1.165) is 5.56 Å². The zero-order chi connectivity index (χ0) is 17.7. The minimum atomic E-state index is -3.20. The number of hydrogen-bond acceptors (Lipinski definition) is 5. The van der Waals surface area contributed by atoms with Gasteiger partial charge in [0.1, 0.15) is 11.6 Å². The van der Waals surface area contributed by atoms with Crippen molar-refractivity contribution in [2.75, 3.05) is 37.8 Å². The molecule has 1 N–H and O–H groups in total. The molecule has 1 aliphatic rings. The number of piperazine rings is 1. The molecule has 0 radical (unpaired) electrons. The maximum Gasteiger partial charge on any atom is 0.267 e. The molecule has 0 aliphatic carbocycles. The number of para-hydroxylation sites is 1. The summed E-state index contributed by atoms with van der Waals surface area (Å²) in [6, 6.07) is 9.22. The van der Waals surface area contributed by atoms with E-state index in [4.69, 9.17) is 0 Å². The number of nitrogens with zero attached hydrogens (tertiary/aromatic N) is 3. The van der Waals surface area contributed by atoms with Gasteiger partial charge < -0.3 is 10.2 Å². The van der Waals surface area contributed by atoms with Crippen LogP contribution in [0, 0.1) is 18.3 Å². The Kier molecular flexibility index (Phi) is 5.59. The van der Waals surface area contributed by atoms with Gasteiger partial charge in [-0.05, 0) is 18.6 Å². The highest BCUT2D eigenvalue weighted by molar-refractivity contribution is 7.88. The standard InChI is InChI=1S/C16H20N4O3S/c1-13-5-3-4-6-15(13)18-16(21)14(11-17)12-19-7-9-20(10-8-19)24(2,22)23/h3-6,12H,7-10H2,1-2H3,(H,18,21)/b14-12-. The topological polar surface area (TPSA) is 93.5 Å². The lowest BCUT2D eigenvalue weighted by Crippen LogP contribution is -2.46. The lowest BCUT2D eigenvalue weighted by atomic mass is 10.2. The third-order valence-corrected chi connectivity index (χ3v) is 5.12. The molecule has 0 bridgehead atoms. The number of sulfonamides is 1. The van der Waals surface area contributed by atoms with Crippen molar-refractivity contribution in [2.45, 2.75) is 6.92 Å². The fourth-order valence-electron chi connectivity index (χ4n) is 2.39. The van der Waals surface area contributed by atoms with E-state index in [-0.39, 0.29) is 5.57 Å². The first-order valence-corrected chi connectivity index (χ1v) is 9.34. The molecule has 0 spiro atoms. The molecule has 24 heavy (non-hydrogen) atoms. The van der Waals surface area contributed by atoms with Crippen LogP contribution in [0.15, 0.2) is 36.0 Å². The minimum Gasteiger partial charge on any atom is -0.373 e. The van der Waals surface area contributed by atoms with Gasteiger partial charge in [0.05, 0.1) is 6.26 Å². The summed E-state index contributed by atoms with van der Waals surface area (Å²) in [5.41, 5.74) is 1.56. The van der Waals surface area contributed by atoms with Crippen molar-refractivity contribution >= 4 is 21.6 Å². The lowest BCUT2D eigenvalue weighted by molar-refractivity contribution is -0.112. The zero-order valence-electron chi connectivity index (χ0n) is 13.7. The molecule has 1 aromatic rings. The largest absolute Gasteiger partial charge is 0.373 e. The Balaban J connectivity index is 2.04. The number of hydrogen-bond donors (Lipinski definition) is 1. The third-order valence-electron chi connectivity index (χ3n) is 3.81. The SMILES string of the molecule is Cc1ccccc1NC(=O)/C(C#N)=C\N1CCN(S(C)(=O)=O)CC1. The van der Waals surface area contributed by atoms with E-state index in [2.05, 4.69) is 5.32 Å². The summed E-state index contributed by atoms with van der Waals surface area (Å²) in [4.78, 5) is 14.0. The summed E-state index contributed by atoms with van der Waals surface area (Å²) < 4.78 is 24.4. The van der Waals surface area contributed by atoms with Gasteiger partial charge in [-0.2, -0.15) is 9.57 Å². The molecule has 0 unspecified atom stereocenters. The van der Waals surface area contributed by atoms with E-state index in [1.807, 2.05) is 31.2 Å². The Morgan fingerprint density at radius 2 is 1.88 bits per heavy atom. The second-order valence-electron chi connectivity index (χ2n) is 5.62. The van der Waals surface area contributed by atoms with E-state index < -0.39 is 15.9 Å². The van der Waals surface area contributed by atoms with Gasteiger partial charge in [0.2, 0.25) is 10.0 Å². The first-order valence-electron chi connectivity index (χ1n) is 7.49. The van der Waals surface area contributed by atoms with Gasteiger partial charge in [0, 0.05) is 38.1 Å². The van der Waals surface area contributed by atoms with E-state index in [9.17, 15) is 18.5 Å². The van der Waals surface area contributed by atoms with Crippen LogP contribution in [0.2, 0.25) is 0 Å². The number of nitrogens with one attached hydrogen (secondary N) is 1. The number of carbonyl (C=O) groups excluding carboxylic acids is 1. The first kappa shape index (κ1) is 18.0. The molecular weight excluding hydrogens is 328 g/mol. The Labute approximate surface area is 142 Å². The quantitative estimate of drug-likeness (QED) is 0.645. The number of anilines is 1. The highest BCUT2D eigenvalue weighted by Gasteiger charge is 2.23. The monoisotopic (exact) mass is 348 g/mol. The van der Waals surface area contributed by atoms with Gasteiger partial charge in [-0.15, -0.1) is 0 Å². The molecule has 1 saturated heterocycles. The van der Waals surface area contributed by atoms with Crippen LogP contribution < -0.4 is 5.32 Å². The molecule has 128 valence electrons. The van der Waals surface area contributed by atoms with Crippen LogP contribution in [0.25, 0.3) is 0 Å². The number of benzene rings is 1. The van der Waals surface area contributed by atoms with Gasteiger partial charge in [-0.3, -0.25) is 4.79 Å². The highest BCUT2D eigenvalue weighted by Crippen LogP contribution is 2.15. The summed E-state index contributed by atoms with van der Waals surface area (Å²) in [5.74, 6) is -0.475. The molecule has 1 amide bonds. The average Bonchev–Trinajstić information content (AvgIpc) is 2.54. The molecule has 1 aromatic carbocycles. The van der Waals surface area contributed by atoms with Gasteiger partial charge in [0.15, 0.2) is 0 Å². The molecular formula is C16H20N4O3S. The molecule has 1 heterocycles. The fourth-order valence-corrected chi connectivity index (χ4v) is 3.21. The van der Waals surface area contributed by atoms with Crippen LogP contribution in [0.1, 0.15) is 5.56 Å². The summed E-state index contributed by atoms with van der Waals surface area (Å²) >= 11 is 0. The van der Waals surface area contributed by atoms with E-state index >= 15 is 0 Å². The Morgan fingerprint density at radius 1 is 1.25 bits per heavy atom. The lowest BCUT2D eigenvalue weighted by Gasteiger charge is -2.32. The predicted octanol–water partition coefficient (Wildman–Crippen LogP) is 0.918. The van der Waals surface area contributed by atoms with Crippen LogP contribution in [-0.4, -0.2) is 56.0 Å². The van der Waals surface area contributed by atoms with Crippen LogP contribution in [0.3, 0.4) is 0 Å². The van der Waals surface area contributed by atoms with Crippen LogP contribution >= 0.6 is 0 Å². The van der Waals surface area contributed by atoms with E-state index in [0.29, 0.717) is 31.9 Å². The second kappa shape index (κ2) is 7.47. The number of rotatable bonds is 4. The molecule has 8 heteroatoms. The van der Waals surface area contributed by atoms with Crippen molar-refractivity contribution in [1.29, 1.82) is 5.26 Å². The highest BCUT2D eigenvalue weighted by atomic mass is 32.2. The van der Waals surface area contributed by atoms with Crippen molar-refractivity contribution < 1.29 is 13.2 Å². The number of carbonyl (C=O) groups is 1. The summed E-state index contributed by atoms with van der Waals surface area (Å²) in [6.45, 7) is 3.43. The van der Waals surface area contributed by atoms with Crippen LogP contribution in [-0.2, 0) is 14.8 Å². The predicted molar refractivity (Wildman–Crippen MR) is 91.5 cm³/mol. The van der Waals surface area contributed by atoms with Crippen LogP contribution in [0.5, 0.6) is 0 Å². The summed E-state index contributed by atoms with van der Waals surface area (Å²) in [7, 11) is -3.20. The van der Waals surface area contributed by atoms with Crippen molar-refractivity contribution in [3.05, 3.63) is 41.6 Å². The smallest absolute Gasteiger partial charge is 0.267 e. The first-order chi connectivity index (χ1) is 11.3. The zero-order valence-corrected chi connectivity index (χ0v) is 14.5. The van der Waals surface area contributed by atoms with Gasteiger partial charge in [0.25, 0.3) is 5.91 Å². The van der Waals surface area contributed by atoms with Gasteiger partial charge in [-0.1, -0.05) is 18.2 Å². The van der Waals surface area contributed by atoms with E-state index in [1.165, 1.54) is 16.8 Å².